The Morgan fingerprint density at radius 2 is 2.05 bits per heavy atom. The third-order valence-corrected chi connectivity index (χ3v) is 3.64. The number of nitrogens with zero attached hydrogens (tertiary/aromatic N) is 1. The van der Waals surface area contributed by atoms with Crippen molar-refractivity contribution in [3.8, 4) is 17.2 Å². The number of ether oxygens (including phenoxy) is 1. The molecule has 0 aromatic heterocycles. The van der Waals surface area contributed by atoms with Gasteiger partial charge in [0.25, 0.3) is 5.91 Å². The molecule has 0 atom stereocenters. The van der Waals surface area contributed by atoms with E-state index in [1.165, 1.54) is 24.4 Å². The molecule has 0 aliphatic heterocycles. The van der Waals surface area contributed by atoms with Gasteiger partial charge in [0.05, 0.1) is 16.9 Å². The number of nitrogens with one attached hydrogen (secondary N) is 1. The van der Waals surface area contributed by atoms with E-state index in [1.54, 1.807) is 25.3 Å². The summed E-state index contributed by atoms with van der Waals surface area (Å²) in [6.45, 7) is 0. The summed E-state index contributed by atoms with van der Waals surface area (Å²) in [5, 5.41) is 22.6. The zero-order valence-corrected chi connectivity index (χ0v) is 13.7. The smallest absolute Gasteiger partial charge is 0.271 e. The van der Waals surface area contributed by atoms with Gasteiger partial charge in [0.15, 0.2) is 0 Å². The molecule has 1 amide bonds. The number of amides is 1. The fourth-order valence-electron chi connectivity index (χ4n) is 1.67. The number of rotatable bonds is 4. The van der Waals surface area contributed by atoms with Crippen LogP contribution in [-0.2, 0) is 0 Å². The lowest BCUT2D eigenvalue weighted by atomic mass is 10.2. The number of hydrazone groups is 1. The van der Waals surface area contributed by atoms with Crippen molar-refractivity contribution >= 4 is 34.7 Å². The number of methoxy groups -OCH3 is 1. The molecule has 2 aromatic carbocycles. The van der Waals surface area contributed by atoms with Crippen molar-refractivity contribution in [3.05, 3.63) is 51.1 Å². The molecule has 0 aliphatic carbocycles. The third kappa shape index (κ3) is 3.88. The summed E-state index contributed by atoms with van der Waals surface area (Å²) in [7, 11) is 1.56. The first kappa shape index (κ1) is 16.1. The molecule has 0 heterocycles. The van der Waals surface area contributed by atoms with Crippen LogP contribution in [0.4, 0.5) is 0 Å². The third-order valence-electron chi connectivity index (χ3n) is 2.80. The van der Waals surface area contributed by atoms with Gasteiger partial charge in [-0.05, 0) is 52.9 Å². The van der Waals surface area contributed by atoms with Crippen molar-refractivity contribution in [2.45, 2.75) is 0 Å². The topological polar surface area (TPSA) is 91.2 Å². The largest absolute Gasteiger partial charge is 0.508 e. The minimum Gasteiger partial charge on any atom is -0.508 e. The van der Waals surface area contributed by atoms with Gasteiger partial charge in [-0.15, -0.1) is 0 Å². The maximum absolute atomic E-state index is 12.0. The number of hydrogen-bond donors (Lipinski definition) is 3. The van der Waals surface area contributed by atoms with Gasteiger partial charge in [-0.25, -0.2) is 5.43 Å². The molecule has 2 rings (SSSR count). The minimum atomic E-state index is -0.380. The van der Waals surface area contributed by atoms with E-state index in [4.69, 9.17) is 4.74 Å². The fraction of sp³-hybridized carbons (Fsp3) is 0.0667. The molecule has 0 spiro atoms. The predicted molar refractivity (Wildman–Crippen MR) is 90.5 cm³/mol. The highest BCUT2D eigenvalue weighted by Gasteiger charge is 2.08. The van der Waals surface area contributed by atoms with Crippen molar-refractivity contribution in [3.63, 3.8) is 0 Å². The second-order valence-corrected chi connectivity index (χ2v) is 5.45. The number of phenolic OH excluding ortho intramolecular Hbond substituents is 2. The van der Waals surface area contributed by atoms with Gasteiger partial charge in [0, 0.05) is 17.2 Å². The maximum atomic E-state index is 12.0. The lowest BCUT2D eigenvalue weighted by molar-refractivity contribution is 0.0955. The highest BCUT2D eigenvalue weighted by molar-refractivity contribution is 14.1. The Morgan fingerprint density at radius 3 is 2.68 bits per heavy atom. The molecule has 0 saturated carbocycles. The van der Waals surface area contributed by atoms with Crippen LogP contribution in [0.15, 0.2) is 41.5 Å². The van der Waals surface area contributed by atoms with Crippen LogP contribution in [0.25, 0.3) is 0 Å². The fourth-order valence-corrected chi connectivity index (χ4v) is 2.41. The highest BCUT2D eigenvalue weighted by Crippen LogP contribution is 2.22. The van der Waals surface area contributed by atoms with Crippen LogP contribution in [-0.4, -0.2) is 29.4 Å². The van der Waals surface area contributed by atoms with Crippen LogP contribution in [0.5, 0.6) is 17.2 Å². The number of aromatic hydroxyl groups is 2. The molecule has 0 bridgehead atoms. The highest BCUT2D eigenvalue weighted by atomic mass is 127. The summed E-state index contributed by atoms with van der Waals surface area (Å²) in [4.78, 5) is 12.0. The molecular weight excluding hydrogens is 399 g/mol. The van der Waals surface area contributed by atoms with Gasteiger partial charge < -0.3 is 14.9 Å². The zero-order chi connectivity index (χ0) is 16.1. The molecular formula is C15H13IN2O4. The van der Waals surface area contributed by atoms with Crippen molar-refractivity contribution < 1.29 is 19.7 Å². The maximum Gasteiger partial charge on any atom is 0.271 e. The summed E-state index contributed by atoms with van der Waals surface area (Å²) in [5.41, 5.74) is 3.19. The van der Waals surface area contributed by atoms with E-state index in [0.29, 0.717) is 16.9 Å². The Hall–Kier alpha value is -2.29. The van der Waals surface area contributed by atoms with Crippen molar-refractivity contribution in [2.24, 2.45) is 5.10 Å². The van der Waals surface area contributed by atoms with Gasteiger partial charge in [-0.3, -0.25) is 4.79 Å². The summed E-state index contributed by atoms with van der Waals surface area (Å²) >= 11 is 2.07. The summed E-state index contributed by atoms with van der Waals surface area (Å²) in [6, 6.07) is 9.10. The number of carbonyl (C=O) groups excluding carboxylic acids is 1. The molecule has 7 heteroatoms. The minimum absolute atomic E-state index is 0.0495. The van der Waals surface area contributed by atoms with E-state index in [9.17, 15) is 15.0 Å². The van der Waals surface area contributed by atoms with Gasteiger partial charge in [0.1, 0.15) is 17.2 Å². The van der Waals surface area contributed by atoms with Crippen LogP contribution in [0, 0.1) is 3.57 Å². The number of hydrogen-bond acceptors (Lipinski definition) is 5. The Morgan fingerprint density at radius 1 is 1.27 bits per heavy atom. The van der Waals surface area contributed by atoms with Crippen molar-refractivity contribution in [1.29, 1.82) is 0 Å². The lowest BCUT2D eigenvalue weighted by Gasteiger charge is -2.05. The van der Waals surface area contributed by atoms with Gasteiger partial charge in [0.2, 0.25) is 0 Å². The van der Waals surface area contributed by atoms with Crippen LogP contribution in [0.2, 0.25) is 0 Å². The first-order valence-electron chi connectivity index (χ1n) is 6.20. The first-order chi connectivity index (χ1) is 10.5. The number of carbonyl (C=O) groups is 1. The molecule has 114 valence electrons. The van der Waals surface area contributed by atoms with Crippen LogP contribution >= 0.6 is 22.6 Å². The molecule has 0 fully saturated rings. The van der Waals surface area contributed by atoms with Crippen LogP contribution in [0.1, 0.15) is 15.9 Å². The van der Waals surface area contributed by atoms with E-state index >= 15 is 0 Å². The van der Waals surface area contributed by atoms with Crippen molar-refractivity contribution in [1.82, 2.24) is 5.43 Å². The molecule has 2 aromatic rings. The van der Waals surface area contributed by atoms with E-state index in [-0.39, 0.29) is 17.4 Å². The Balaban J connectivity index is 2.06. The molecule has 0 unspecified atom stereocenters. The summed E-state index contributed by atoms with van der Waals surface area (Å²) < 4.78 is 5.94. The quantitative estimate of drug-likeness (QED) is 0.409. The van der Waals surface area contributed by atoms with Crippen molar-refractivity contribution in [2.75, 3.05) is 7.11 Å². The number of halogens is 1. The Labute approximate surface area is 140 Å². The average molecular weight is 412 g/mol. The molecule has 0 radical (unpaired) electrons. The van der Waals surface area contributed by atoms with Crippen LogP contribution in [0.3, 0.4) is 0 Å². The normalized spacial score (nSPS) is 10.6. The second kappa shape index (κ2) is 7.12. The summed E-state index contributed by atoms with van der Waals surface area (Å²) in [6.07, 6.45) is 1.29. The molecule has 0 aliphatic rings. The van der Waals surface area contributed by atoms with Gasteiger partial charge in [-0.1, -0.05) is 0 Å². The lowest BCUT2D eigenvalue weighted by Crippen LogP contribution is -2.17. The molecule has 6 nitrogen and oxygen atoms in total. The molecule has 0 saturated heterocycles. The zero-order valence-electron chi connectivity index (χ0n) is 11.6. The first-order valence-corrected chi connectivity index (χ1v) is 7.28. The number of benzene rings is 2. The Kier molecular flexibility index (Phi) is 5.21. The predicted octanol–water partition coefficient (Wildman–Crippen LogP) is 2.47. The van der Waals surface area contributed by atoms with E-state index in [2.05, 4.69) is 33.1 Å². The van der Waals surface area contributed by atoms with Gasteiger partial charge >= 0.3 is 0 Å². The SMILES string of the molecule is COc1ccc(C(=O)N/N=C/c2ccc(O)cc2O)cc1I. The Bertz CT molecular complexity index is 731. The summed E-state index contributed by atoms with van der Waals surface area (Å²) in [5.74, 6) is 0.133. The second-order valence-electron chi connectivity index (χ2n) is 4.29. The van der Waals surface area contributed by atoms with Crippen LogP contribution < -0.4 is 10.2 Å². The van der Waals surface area contributed by atoms with E-state index in [0.717, 1.165) is 3.57 Å². The molecule has 22 heavy (non-hydrogen) atoms. The number of phenols is 2. The van der Waals surface area contributed by atoms with E-state index in [1.807, 2.05) is 0 Å². The monoisotopic (exact) mass is 412 g/mol. The standard InChI is InChI=1S/C15H13IN2O4/c1-22-14-5-3-9(6-12(14)16)15(21)18-17-8-10-2-4-11(19)7-13(10)20/h2-8,19-20H,1H3,(H,18,21)/b17-8+. The van der Waals surface area contributed by atoms with Gasteiger partial charge in [-0.2, -0.15) is 5.10 Å². The molecule has 3 N–H and O–H groups in total. The van der Waals surface area contributed by atoms with E-state index < -0.39 is 0 Å². The average Bonchev–Trinajstić information content (AvgIpc) is 2.49.